The van der Waals surface area contributed by atoms with Crippen molar-refractivity contribution in [3.8, 4) is 0 Å². The average Bonchev–Trinajstić information content (AvgIpc) is 3.17. The number of anilines is 1. The molecule has 3 rings (SSSR count). The van der Waals surface area contributed by atoms with E-state index in [0.717, 1.165) is 38.0 Å². The molecule has 0 bridgehead atoms. The number of carbonyl (C=O) groups is 1. The van der Waals surface area contributed by atoms with Gasteiger partial charge >= 0.3 is 0 Å². The molecule has 2 unspecified atom stereocenters. The summed E-state index contributed by atoms with van der Waals surface area (Å²) in [5.41, 5.74) is 1.05. The zero-order valence-electron chi connectivity index (χ0n) is 12.1. The van der Waals surface area contributed by atoms with Crippen LogP contribution in [0.2, 0.25) is 0 Å². The molecule has 2 saturated heterocycles. The van der Waals surface area contributed by atoms with Crippen molar-refractivity contribution in [1.29, 1.82) is 0 Å². The lowest BCUT2D eigenvalue weighted by molar-refractivity contribution is -0.130. The van der Waals surface area contributed by atoms with E-state index in [4.69, 9.17) is 4.74 Å². The van der Waals surface area contributed by atoms with Crippen LogP contribution in [0.4, 0.5) is 10.1 Å². The number of nitrogens with zero attached hydrogens (tertiary/aromatic N) is 1. The van der Waals surface area contributed by atoms with Gasteiger partial charge in [0.2, 0.25) is 5.91 Å². The van der Waals surface area contributed by atoms with Crippen LogP contribution in [-0.4, -0.2) is 38.3 Å². The van der Waals surface area contributed by atoms with Crippen LogP contribution in [0.15, 0.2) is 24.3 Å². The van der Waals surface area contributed by atoms with Crippen LogP contribution >= 0.6 is 0 Å². The molecule has 0 spiro atoms. The molecule has 4 nitrogen and oxygen atoms in total. The van der Waals surface area contributed by atoms with Crippen LogP contribution < -0.4 is 10.2 Å². The summed E-state index contributed by atoms with van der Waals surface area (Å²) in [4.78, 5) is 14.1. The Kier molecular flexibility index (Phi) is 4.39. The van der Waals surface area contributed by atoms with Crippen LogP contribution in [0.1, 0.15) is 19.3 Å². The van der Waals surface area contributed by atoms with Gasteiger partial charge in [-0.15, -0.1) is 0 Å². The highest BCUT2D eigenvalue weighted by atomic mass is 19.1. The van der Waals surface area contributed by atoms with Crippen molar-refractivity contribution < 1.29 is 13.9 Å². The summed E-state index contributed by atoms with van der Waals surface area (Å²) in [5, 5.41) is 3.00. The molecule has 1 aromatic carbocycles. The van der Waals surface area contributed by atoms with E-state index in [2.05, 4.69) is 10.2 Å². The molecule has 0 radical (unpaired) electrons. The van der Waals surface area contributed by atoms with E-state index in [1.807, 2.05) is 12.1 Å². The van der Waals surface area contributed by atoms with Crippen molar-refractivity contribution in [2.75, 3.05) is 31.1 Å². The van der Waals surface area contributed by atoms with E-state index in [1.54, 1.807) is 0 Å². The fourth-order valence-electron chi connectivity index (χ4n) is 3.03. The first kappa shape index (κ1) is 14.3. The monoisotopic (exact) mass is 292 g/mol. The van der Waals surface area contributed by atoms with E-state index in [1.165, 1.54) is 12.1 Å². The van der Waals surface area contributed by atoms with E-state index >= 15 is 0 Å². The molecule has 2 aliphatic heterocycles. The number of halogens is 1. The van der Waals surface area contributed by atoms with Crippen LogP contribution in [0.5, 0.6) is 0 Å². The second-order valence-electron chi connectivity index (χ2n) is 5.82. The number of amides is 1. The highest BCUT2D eigenvalue weighted by Gasteiger charge is 2.26. The van der Waals surface area contributed by atoms with Gasteiger partial charge in [0, 0.05) is 31.9 Å². The topological polar surface area (TPSA) is 41.6 Å². The molecule has 2 aliphatic rings. The Morgan fingerprint density at radius 2 is 2.14 bits per heavy atom. The summed E-state index contributed by atoms with van der Waals surface area (Å²) in [6.07, 6.45) is 2.60. The molecule has 0 aliphatic carbocycles. The van der Waals surface area contributed by atoms with Gasteiger partial charge in [-0.25, -0.2) is 4.39 Å². The summed E-state index contributed by atoms with van der Waals surface area (Å²) in [6, 6.07) is 6.59. The largest absolute Gasteiger partial charge is 0.371 e. The molecule has 2 atom stereocenters. The van der Waals surface area contributed by atoms with Crippen molar-refractivity contribution in [2.24, 2.45) is 5.92 Å². The predicted molar refractivity (Wildman–Crippen MR) is 78.7 cm³/mol. The first-order valence-corrected chi connectivity index (χ1v) is 7.62. The molecule has 21 heavy (non-hydrogen) atoms. The third-order valence-electron chi connectivity index (χ3n) is 4.26. The quantitative estimate of drug-likeness (QED) is 0.922. The highest BCUT2D eigenvalue weighted by molar-refractivity contribution is 5.80. The predicted octanol–water partition coefficient (Wildman–Crippen LogP) is 1.95. The minimum absolute atomic E-state index is 0.0210. The fourth-order valence-corrected chi connectivity index (χ4v) is 3.03. The van der Waals surface area contributed by atoms with Gasteiger partial charge in [-0.05, 0) is 49.4 Å². The van der Waals surface area contributed by atoms with E-state index in [0.29, 0.717) is 19.1 Å². The number of nitrogens with one attached hydrogen (secondary N) is 1. The molecule has 1 aromatic rings. The SMILES string of the molecule is O=C(NCC1CCN(c2ccc(F)cc2)C1)C1CCCO1. The second-order valence-corrected chi connectivity index (χ2v) is 5.82. The van der Waals surface area contributed by atoms with Gasteiger partial charge in [-0.1, -0.05) is 0 Å². The smallest absolute Gasteiger partial charge is 0.249 e. The van der Waals surface area contributed by atoms with E-state index in [-0.39, 0.29) is 17.8 Å². The number of hydrogen-bond acceptors (Lipinski definition) is 3. The van der Waals surface area contributed by atoms with Crippen molar-refractivity contribution in [3.05, 3.63) is 30.1 Å². The second kappa shape index (κ2) is 6.43. The number of rotatable bonds is 4. The number of benzene rings is 1. The lowest BCUT2D eigenvalue weighted by Crippen LogP contribution is -2.37. The normalized spacial score (nSPS) is 25.3. The van der Waals surface area contributed by atoms with Crippen molar-refractivity contribution in [1.82, 2.24) is 5.32 Å². The van der Waals surface area contributed by atoms with Crippen molar-refractivity contribution in [3.63, 3.8) is 0 Å². The first-order valence-electron chi connectivity index (χ1n) is 7.62. The first-order chi connectivity index (χ1) is 10.2. The van der Waals surface area contributed by atoms with Gasteiger partial charge in [0.25, 0.3) is 0 Å². The summed E-state index contributed by atoms with van der Waals surface area (Å²) in [5.74, 6) is 0.256. The van der Waals surface area contributed by atoms with Crippen LogP contribution in [0, 0.1) is 11.7 Å². The lowest BCUT2D eigenvalue weighted by atomic mass is 10.1. The lowest BCUT2D eigenvalue weighted by Gasteiger charge is -2.19. The third-order valence-corrected chi connectivity index (χ3v) is 4.26. The fraction of sp³-hybridized carbons (Fsp3) is 0.562. The minimum atomic E-state index is -0.250. The Balaban J connectivity index is 1.46. The Hall–Kier alpha value is -1.62. The number of carbonyl (C=O) groups excluding carboxylic acids is 1. The van der Waals surface area contributed by atoms with Crippen LogP contribution in [0.25, 0.3) is 0 Å². The van der Waals surface area contributed by atoms with Gasteiger partial charge in [0.1, 0.15) is 11.9 Å². The Bertz CT molecular complexity index is 486. The highest BCUT2D eigenvalue weighted by Crippen LogP contribution is 2.23. The molecule has 0 aromatic heterocycles. The third kappa shape index (κ3) is 3.53. The Morgan fingerprint density at radius 3 is 2.86 bits per heavy atom. The van der Waals surface area contributed by atoms with Crippen LogP contribution in [0.3, 0.4) is 0 Å². The van der Waals surface area contributed by atoms with Gasteiger partial charge in [0.15, 0.2) is 0 Å². The molecular weight excluding hydrogens is 271 g/mol. The van der Waals surface area contributed by atoms with Gasteiger partial charge < -0.3 is 15.0 Å². The number of hydrogen-bond donors (Lipinski definition) is 1. The van der Waals surface area contributed by atoms with Crippen molar-refractivity contribution >= 4 is 11.6 Å². The summed E-state index contributed by atoms with van der Waals surface area (Å²) in [6.45, 7) is 3.24. The van der Waals surface area contributed by atoms with Gasteiger partial charge in [-0.2, -0.15) is 0 Å². The van der Waals surface area contributed by atoms with Crippen molar-refractivity contribution in [2.45, 2.75) is 25.4 Å². The molecule has 2 heterocycles. The molecule has 1 N–H and O–H groups in total. The maximum atomic E-state index is 12.9. The summed E-state index contributed by atoms with van der Waals surface area (Å²) < 4.78 is 18.3. The molecule has 1 amide bonds. The standard InChI is InChI=1S/C16H21FN2O2/c17-13-3-5-14(6-4-13)19-8-7-12(11-19)10-18-16(20)15-2-1-9-21-15/h3-6,12,15H,1-2,7-11H2,(H,18,20). The summed E-state index contributed by atoms with van der Waals surface area (Å²) >= 11 is 0. The molecule has 2 fully saturated rings. The molecule has 0 saturated carbocycles. The zero-order chi connectivity index (χ0) is 14.7. The molecular formula is C16H21FN2O2. The molecule has 114 valence electrons. The van der Waals surface area contributed by atoms with E-state index < -0.39 is 0 Å². The van der Waals surface area contributed by atoms with Gasteiger partial charge in [0.05, 0.1) is 0 Å². The zero-order valence-corrected chi connectivity index (χ0v) is 12.1. The maximum absolute atomic E-state index is 12.9. The average molecular weight is 292 g/mol. The maximum Gasteiger partial charge on any atom is 0.249 e. The summed E-state index contributed by atoms with van der Waals surface area (Å²) in [7, 11) is 0. The number of ether oxygens (including phenoxy) is 1. The molecule has 5 heteroatoms. The minimum Gasteiger partial charge on any atom is -0.371 e. The van der Waals surface area contributed by atoms with Gasteiger partial charge in [-0.3, -0.25) is 4.79 Å². The van der Waals surface area contributed by atoms with Crippen LogP contribution in [-0.2, 0) is 9.53 Å². The Labute approximate surface area is 124 Å². The van der Waals surface area contributed by atoms with E-state index in [9.17, 15) is 9.18 Å². The Morgan fingerprint density at radius 1 is 1.33 bits per heavy atom.